The van der Waals surface area contributed by atoms with Gasteiger partial charge in [-0.2, -0.15) is 0 Å². The van der Waals surface area contributed by atoms with Crippen molar-refractivity contribution in [2.75, 3.05) is 24.3 Å². The molecule has 3 aromatic rings. The number of anilines is 2. The van der Waals surface area contributed by atoms with Crippen LogP contribution in [0.3, 0.4) is 0 Å². The molecular weight excluding hydrogens is 496 g/mol. The Labute approximate surface area is 207 Å². The Bertz CT molecular complexity index is 1400. The second-order valence-electron chi connectivity index (χ2n) is 7.31. The lowest BCUT2D eigenvalue weighted by Crippen LogP contribution is -2.18. The third-order valence-corrected chi connectivity index (χ3v) is 6.62. The largest absolute Gasteiger partial charge is 0.465 e. The summed E-state index contributed by atoms with van der Waals surface area (Å²) in [7, 11) is -1.56. The van der Waals surface area contributed by atoms with E-state index in [0.29, 0.717) is 0 Å². The maximum absolute atomic E-state index is 13.0. The van der Waals surface area contributed by atoms with Gasteiger partial charge in [-0.15, -0.1) is 0 Å². The molecule has 0 radical (unpaired) electrons. The molecule has 0 fully saturated rings. The van der Waals surface area contributed by atoms with Gasteiger partial charge in [-0.3, -0.25) is 9.52 Å². The predicted molar refractivity (Wildman–Crippen MR) is 131 cm³/mol. The van der Waals surface area contributed by atoms with Crippen LogP contribution in [0.15, 0.2) is 65.6 Å². The molecular formula is C24H21ClN2O7S. The van der Waals surface area contributed by atoms with Crippen molar-refractivity contribution in [1.29, 1.82) is 0 Å². The van der Waals surface area contributed by atoms with Crippen LogP contribution in [0.2, 0.25) is 5.02 Å². The number of nitrogens with one attached hydrogen (secondary N) is 2. The molecule has 0 unspecified atom stereocenters. The van der Waals surface area contributed by atoms with Crippen molar-refractivity contribution in [3.8, 4) is 0 Å². The summed E-state index contributed by atoms with van der Waals surface area (Å²) in [6, 6.07) is 14.2. The van der Waals surface area contributed by atoms with Crippen molar-refractivity contribution < 1.29 is 32.3 Å². The number of methoxy groups -OCH3 is 2. The van der Waals surface area contributed by atoms with Crippen molar-refractivity contribution in [1.82, 2.24) is 0 Å². The zero-order chi connectivity index (χ0) is 25.8. The van der Waals surface area contributed by atoms with E-state index in [4.69, 9.17) is 16.3 Å². The van der Waals surface area contributed by atoms with Crippen molar-refractivity contribution in [2.24, 2.45) is 0 Å². The van der Waals surface area contributed by atoms with Crippen LogP contribution < -0.4 is 10.0 Å². The van der Waals surface area contributed by atoms with Crippen LogP contribution in [0.25, 0.3) is 0 Å². The maximum Gasteiger partial charge on any atom is 0.339 e. The van der Waals surface area contributed by atoms with Crippen LogP contribution in [0.4, 0.5) is 11.4 Å². The highest BCUT2D eigenvalue weighted by molar-refractivity contribution is 7.92. The van der Waals surface area contributed by atoms with Crippen molar-refractivity contribution in [3.63, 3.8) is 0 Å². The van der Waals surface area contributed by atoms with Gasteiger partial charge >= 0.3 is 11.9 Å². The minimum atomic E-state index is -3.92. The third-order valence-electron chi connectivity index (χ3n) is 4.89. The van der Waals surface area contributed by atoms with E-state index in [9.17, 15) is 22.8 Å². The molecule has 9 nitrogen and oxygen atoms in total. The Morgan fingerprint density at radius 1 is 0.829 bits per heavy atom. The van der Waals surface area contributed by atoms with Gasteiger partial charge in [-0.05, 0) is 55.5 Å². The number of amides is 1. The molecule has 3 aromatic carbocycles. The minimum absolute atomic E-state index is 0.0131. The second-order valence-corrected chi connectivity index (χ2v) is 9.40. The molecule has 0 aliphatic carbocycles. The van der Waals surface area contributed by atoms with Gasteiger partial charge in [0.25, 0.3) is 15.9 Å². The van der Waals surface area contributed by atoms with Crippen LogP contribution in [0.1, 0.15) is 36.6 Å². The summed E-state index contributed by atoms with van der Waals surface area (Å²) in [5, 5.41) is 2.55. The number of hydrogen-bond acceptors (Lipinski definition) is 7. The Hall–Kier alpha value is -3.89. The van der Waals surface area contributed by atoms with Gasteiger partial charge in [0, 0.05) is 5.69 Å². The number of hydrogen-bond donors (Lipinski definition) is 2. The van der Waals surface area contributed by atoms with Gasteiger partial charge in [0.05, 0.1) is 46.5 Å². The fourth-order valence-corrected chi connectivity index (χ4v) is 4.32. The van der Waals surface area contributed by atoms with E-state index >= 15 is 0 Å². The van der Waals surface area contributed by atoms with Crippen molar-refractivity contribution in [2.45, 2.75) is 11.8 Å². The fraction of sp³-hybridized carbons (Fsp3) is 0.125. The monoisotopic (exact) mass is 516 g/mol. The SMILES string of the molecule is COC(=O)c1ccc(C(=O)OC)c(NC(=O)c2cc(NS(=O)(=O)c3ccc(C)cc3)ccc2Cl)c1. The van der Waals surface area contributed by atoms with Gasteiger partial charge in [0.15, 0.2) is 0 Å². The van der Waals surface area contributed by atoms with Gasteiger partial charge in [0.2, 0.25) is 0 Å². The smallest absolute Gasteiger partial charge is 0.339 e. The van der Waals surface area contributed by atoms with E-state index in [1.807, 2.05) is 6.92 Å². The van der Waals surface area contributed by atoms with E-state index in [-0.39, 0.29) is 38.0 Å². The molecule has 0 saturated carbocycles. The average Bonchev–Trinajstić information content (AvgIpc) is 2.84. The molecule has 0 saturated heterocycles. The first-order chi connectivity index (χ1) is 16.6. The lowest BCUT2D eigenvalue weighted by molar-refractivity contribution is 0.0587. The molecule has 0 heterocycles. The van der Waals surface area contributed by atoms with E-state index in [1.165, 1.54) is 62.8 Å². The molecule has 11 heteroatoms. The number of carbonyl (C=O) groups is 3. The lowest BCUT2D eigenvalue weighted by atomic mass is 10.1. The molecule has 1 amide bonds. The standard InChI is InChI=1S/C24H21ClN2O7S/c1-14-4-8-17(9-5-14)35(31,32)27-16-7-11-20(25)19(13-16)22(28)26-21-12-15(23(29)33-2)6-10-18(21)24(30)34-3/h4-13,27H,1-3H3,(H,26,28). The molecule has 0 atom stereocenters. The van der Waals surface area contributed by atoms with E-state index in [1.54, 1.807) is 12.1 Å². The van der Waals surface area contributed by atoms with Crippen LogP contribution >= 0.6 is 11.6 Å². The van der Waals surface area contributed by atoms with Crippen LogP contribution in [-0.2, 0) is 19.5 Å². The number of ether oxygens (including phenoxy) is 2. The lowest BCUT2D eigenvalue weighted by Gasteiger charge is -2.14. The summed E-state index contributed by atoms with van der Waals surface area (Å²) < 4.78 is 37.2. The number of halogens is 1. The number of aryl methyl sites for hydroxylation is 1. The second kappa shape index (κ2) is 10.6. The molecule has 0 spiro atoms. The molecule has 2 N–H and O–H groups in total. The third kappa shape index (κ3) is 5.97. The average molecular weight is 517 g/mol. The van der Waals surface area contributed by atoms with Crippen LogP contribution in [0.5, 0.6) is 0 Å². The number of sulfonamides is 1. The first-order valence-corrected chi connectivity index (χ1v) is 11.9. The fourth-order valence-electron chi connectivity index (χ4n) is 3.06. The van der Waals surface area contributed by atoms with Gasteiger partial charge in [0.1, 0.15) is 0 Å². The summed E-state index contributed by atoms with van der Waals surface area (Å²) in [6.45, 7) is 1.83. The first-order valence-electron chi connectivity index (χ1n) is 10.1. The van der Waals surface area contributed by atoms with Crippen molar-refractivity contribution >= 4 is 50.8 Å². The molecule has 182 valence electrons. The molecule has 35 heavy (non-hydrogen) atoms. The van der Waals surface area contributed by atoms with E-state index in [2.05, 4.69) is 14.8 Å². The predicted octanol–water partition coefficient (Wildman–Crippen LogP) is 4.27. The number of benzene rings is 3. The molecule has 0 bridgehead atoms. The maximum atomic E-state index is 13.0. The highest BCUT2D eigenvalue weighted by Crippen LogP contribution is 2.26. The summed E-state index contributed by atoms with van der Waals surface area (Å²) in [5.41, 5.74) is 0.970. The highest BCUT2D eigenvalue weighted by atomic mass is 35.5. The molecule has 3 rings (SSSR count). The van der Waals surface area contributed by atoms with Crippen LogP contribution in [-0.4, -0.2) is 40.5 Å². The summed E-state index contributed by atoms with van der Waals surface area (Å²) in [5.74, 6) is -2.18. The summed E-state index contributed by atoms with van der Waals surface area (Å²) >= 11 is 6.19. The number of carbonyl (C=O) groups excluding carboxylic acids is 3. The normalized spacial score (nSPS) is 10.9. The zero-order valence-corrected chi connectivity index (χ0v) is 20.5. The molecule has 0 aliphatic rings. The number of esters is 2. The van der Waals surface area contributed by atoms with Crippen molar-refractivity contribution in [3.05, 3.63) is 87.9 Å². The molecule has 0 aromatic heterocycles. The zero-order valence-electron chi connectivity index (χ0n) is 18.9. The van der Waals surface area contributed by atoms with Gasteiger partial charge in [-0.1, -0.05) is 29.3 Å². The quantitative estimate of drug-likeness (QED) is 0.449. The first kappa shape index (κ1) is 25.7. The Morgan fingerprint density at radius 2 is 1.49 bits per heavy atom. The Kier molecular flexibility index (Phi) is 7.78. The Balaban J connectivity index is 1.93. The van der Waals surface area contributed by atoms with Crippen LogP contribution in [0, 0.1) is 6.92 Å². The topological polar surface area (TPSA) is 128 Å². The Morgan fingerprint density at radius 3 is 2.11 bits per heavy atom. The summed E-state index contributed by atoms with van der Waals surface area (Å²) in [4.78, 5) is 37.1. The van der Waals surface area contributed by atoms with E-state index < -0.39 is 27.9 Å². The van der Waals surface area contributed by atoms with Gasteiger partial charge in [-0.25, -0.2) is 18.0 Å². The number of rotatable bonds is 7. The van der Waals surface area contributed by atoms with E-state index in [0.717, 1.165) is 5.56 Å². The molecule has 0 aliphatic heterocycles. The highest BCUT2D eigenvalue weighted by Gasteiger charge is 2.21. The summed E-state index contributed by atoms with van der Waals surface area (Å²) in [6.07, 6.45) is 0. The van der Waals surface area contributed by atoms with Gasteiger partial charge < -0.3 is 14.8 Å². The minimum Gasteiger partial charge on any atom is -0.465 e.